The molecular formula is C19H26N2. The fourth-order valence-corrected chi connectivity index (χ4v) is 3.77. The zero-order chi connectivity index (χ0) is 14.8. The maximum Gasteiger partial charge on any atom is 0.0473 e. The van der Waals surface area contributed by atoms with Gasteiger partial charge < -0.3 is 5.73 Å². The van der Waals surface area contributed by atoms with E-state index in [4.69, 9.17) is 5.73 Å². The van der Waals surface area contributed by atoms with Crippen molar-refractivity contribution in [3.63, 3.8) is 0 Å². The van der Waals surface area contributed by atoms with Crippen molar-refractivity contribution in [3.05, 3.63) is 48.0 Å². The van der Waals surface area contributed by atoms with Crippen molar-refractivity contribution in [2.75, 3.05) is 13.1 Å². The molecule has 21 heavy (non-hydrogen) atoms. The molecule has 1 heterocycles. The van der Waals surface area contributed by atoms with Crippen LogP contribution in [0.5, 0.6) is 0 Å². The molecule has 0 aliphatic carbocycles. The molecule has 2 N–H and O–H groups in total. The highest BCUT2D eigenvalue weighted by Crippen LogP contribution is 2.31. The Labute approximate surface area is 127 Å². The van der Waals surface area contributed by atoms with Crippen LogP contribution in [0.3, 0.4) is 0 Å². The van der Waals surface area contributed by atoms with E-state index >= 15 is 0 Å². The molecule has 2 aromatic rings. The molecule has 0 amide bonds. The van der Waals surface area contributed by atoms with Crippen LogP contribution in [0.15, 0.2) is 42.5 Å². The lowest BCUT2D eigenvalue weighted by Crippen LogP contribution is -2.44. The molecule has 2 nitrogen and oxygen atoms in total. The summed E-state index contributed by atoms with van der Waals surface area (Å²) < 4.78 is 0. The van der Waals surface area contributed by atoms with Crippen molar-refractivity contribution in [1.82, 2.24) is 4.90 Å². The van der Waals surface area contributed by atoms with E-state index in [0.717, 1.165) is 12.5 Å². The quantitative estimate of drug-likeness (QED) is 0.923. The number of piperidine rings is 1. The van der Waals surface area contributed by atoms with Crippen LogP contribution in [0.4, 0.5) is 0 Å². The van der Waals surface area contributed by atoms with Crippen LogP contribution < -0.4 is 5.73 Å². The van der Waals surface area contributed by atoms with Crippen LogP contribution in [-0.4, -0.2) is 24.0 Å². The minimum absolute atomic E-state index is 0.345. The topological polar surface area (TPSA) is 29.3 Å². The average Bonchev–Trinajstić information content (AvgIpc) is 2.50. The van der Waals surface area contributed by atoms with Gasteiger partial charge in [-0.05, 0) is 54.6 Å². The summed E-state index contributed by atoms with van der Waals surface area (Å²) in [5.74, 6) is 0.839. The number of benzene rings is 2. The molecule has 1 saturated heterocycles. The van der Waals surface area contributed by atoms with Gasteiger partial charge in [-0.1, -0.05) is 43.3 Å². The lowest BCUT2D eigenvalue weighted by molar-refractivity contribution is 0.0848. The van der Waals surface area contributed by atoms with E-state index in [1.165, 1.54) is 29.2 Å². The number of likely N-dealkylation sites (tertiary alicyclic amines) is 1. The minimum atomic E-state index is 0.345. The molecule has 0 aromatic heterocycles. The number of rotatable bonds is 3. The van der Waals surface area contributed by atoms with Crippen molar-refractivity contribution in [2.45, 2.75) is 38.8 Å². The number of nitrogens with two attached hydrogens (primary N) is 1. The SMILES string of the molecule is CC1CCN(C(CN)c2ccc3ccccc3c2)C(C)C1. The zero-order valence-electron chi connectivity index (χ0n) is 13.1. The van der Waals surface area contributed by atoms with Gasteiger partial charge in [0.25, 0.3) is 0 Å². The monoisotopic (exact) mass is 282 g/mol. The number of hydrogen-bond acceptors (Lipinski definition) is 2. The normalized spacial score (nSPS) is 25.1. The van der Waals surface area contributed by atoms with E-state index in [-0.39, 0.29) is 0 Å². The first kappa shape index (κ1) is 14.6. The first-order valence-electron chi connectivity index (χ1n) is 8.13. The third kappa shape index (κ3) is 2.97. The smallest absolute Gasteiger partial charge is 0.0473 e. The summed E-state index contributed by atoms with van der Waals surface area (Å²) in [5, 5.41) is 2.61. The van der Waals surface area contributed by atoms with E-state index in [9.17, 15) is 0 Å². The lowest BCUT2D eigenvalue weighted by atomic mass is 9.90. The van der Waals surface area contributed by atoms with E-state index in [1.54, 1.807) is 0 Å². The van der Waals surface area contributed by atoms with Crippen molar-refractivity contribution in [2.24, 2.45) is 11.7 Å². The summed E-state index contributed by atoms with van der Waals surface area (Å²) in [6, 6.07) is 16.3. The molecule has 0 bridgehead atoms. The Bertz CT molecular complexity index is 607. The first-order chi connectivity index (χ1) is 10.2. The summed E-state index contributed by atoms with van der Waals surface area (Å²) in [5.41, 5.74) is 7.49. The summed E-state index contributed by atoms with van der Waals surface area (Å²) in [6.45, 7) is 6.56. The van der Waals surface area contributed by atoms with Gasteiger partial charge in [0.15, 0.2) is 0 Å². The number of hydrogen-bond donors (Lipinski definition) is 1. The predicted octanol–water partition coefficient (Wildman–Crippen LogP) is 3.96. The molecule has 1 aliphatic rings. The maximum atomic E-state index is 6.13. The Balaban J connectivity index is 1.90. The third-order valence-corrected chi connectivity index (χ3v) is 4.97. The summed E-state index contributed by atoms with van der Waals surface area (Å²) in [4.78, 5) is 2.60. The fourth-order valence-electron chi connectivity index (χ4n) is 3.77. The highest BCUT2D eigenvalue weighted by molar-refractivity contribution is 5.83. The van der Waals surface area contributed by atoms with Crippen molar-refractivity contribution in [1.29, 1.82) is 0 Å². The second-order valence-corrected chi connectivity index (χ2v) is 6.57. The Hall–Kier alpha value is -1.38. The molecule has 3 unspecified atom stereocenters. The maximum absolute atomic E-state index is 6.13. The minimum Gasteiger partial charge on any atom is -0.329 e. The fraction of sp³-hybridized carbons (Fsp3) is 0.474. The van der Waals surface area contributed by atoms with Gasteiger partial charge in [-0.3, -0.25) is 4.90 Å². The van der Waals surface area contributed by atoms with Gasteiger partial charge in [0.1, 0.15) is 0 Å². The molecule has 1 aliphatic heterocycles. The van der Waals surface area contributed by atoms with Gasteiger partial charge in [-0.25, -0.2) is 0 Å². The van der Waals surface area contributed by atoms with E-state index in [2.05, 4.69) is 61.2 Å². The second kappa shape index (κ2) is 6.17. The van der Waals surface area contributed by atoms with E-state index in [0.29, 0.717) is 18.6 Å². The van der Waals surface area contributed by atoms with Gasteiger partial charge in [0.05, 0.1) is 0 Å². The standard InChI is InChI=1S/C19H26N2/c1-14-9-10-21(15(2)11-14)19(13-20)18-8-7-16-5-3-4-6-17(16)12-18/h3-8,12,14-15,19H,9-11,13,20H2,1-2H3. The Kier molecular flexibility index (Phi) is 4.27. The summed E-state index contributed by atoms with van der Waals surface area (Å²) in [7, 11) is 0. The van der Waals surface area contributed by atoms with Gasteiger partial charge in [-0.2, -0.15) is 0 Å². The van der Waals surface area contributed by atoms with Crippen LogP contribution in [-0.2, 0) is 0 Å². The average molecular weight is 282 g/mol. The highest BCUT2D eigenvalue weighted by Gasteiger charge is 2.29. The molecule has 3 rings (SSSR count). The van der Waals surface area contributed by atoms with Crippen molar-refractivity contribution >= 4 is 10.8 Å². The Morgan fingerprint density at radius 1 is 1.14 bits per heavy atom. The first-order valence-corrected chi connectivity index (χ1v) is 8.13. The molecule has 0 saturated carbocycles. The summed E-state index contributed by atoms with van der Waals surface area (Å²) in [6.07, 6.45) is 2.57. The molecule has 0 spiro atoms. The molecule has 2 heteroatoms. The largest absolute Gasteiger partial charge is 0.329 e. The number of nitrogens with zero attached hydrogens (tertiary/aromatic N) is 1. The molecule has 2 aromatic carbocycles. The molecule has 3 atom stereocenters. The van der Waals surface area contributed by atoms with Gasteiger partial charge in [0, 0.05) is 18.6 Å². The van der Waals surface area contributed by atoms with E-state index in [1.807, 2.05) is 0 Å². The zero-order valence-corrected chi connectivity index (χ0v) is 13.1. The molecule has 112 valence electrons. The van der Waals surface area contributed by atoms with Crippen molar-refractivity contribution in [3.8, 4) is 0 Å². The van der Waals surface area contributed by atoms with Crippen LogP contribution >= 0.6 is 0 Å². The summed E-state index contributed by atoms with van der Waals surface area (Å²) >= 11 is 0. The van der Waals surface area contributed by atoms with Crippen LogP contribution in [0.1, 0.15) is 38.3 Å². The van der Waals surface area contributed by atoms with Gasteiger partial charge in [0.2, 0.25) is 0 Å². The second-order valence-electron chi connectivity index (χ2n) is 6.57. The third-order valence-electron chi connectivity index (χ3n) is 4.97. The lowest BCUT2D eigenvalue weighted by Gasteiger charge is -2.41. The van der Waals surface area contributed by atoms with Gasteiger partial charge in [-0.15, -0.1) is 0 Å². The van der Waals surface area contributed by atoms with Crippen LogP contribution in [0.25, 0.3) is 10.8 Å². The molecule has 1 fully saturated rings. The Morgan fingerprint density at radius 2 is 1.90 bits per heavy atom. The number of fused-ring (bicyclic) bond motifs is 1. The van der Waals surface area contributed by atoms with E-state index < -0.39 is 0 Å². The van der Waals surface area contributed by atoms with Crippen molar-refractivity contribution < 1.29 is 0 Å². The Morgan fingerprint density at radius 3 is 2.62 bits per heavy atom. The molecular weight excluding hydrogens is 256 g/mol. The molecule has 0 radical (unpaired) electrons. The predicted molar refractivity (Wildman–Crippen MR) is 90.3 cm³/mol. The van der Waals surface area contributed by atoms with Crippen LogP contribution in [0, 0.1) is 5.92 Å². The van der Waals surface area contributed by atoms with Gasteiger partial charge >= 0.3 is 0 Å². The highest BCUT2D eigenvalue weighted by atomic mass is 15.2. The van der Waals surface area contributed by atoms with Crippen LogP contribution in [0.2, 0.25) is 0 Å².